The molecular formula is C9H10ClNO. The van der Waals surface area contributed by atoms with Crippen molar-refractivity contribution in [1.82, 2.24) is 5.32 Å². The first-order chi connectivity index (χ1) is 5.77. The minimum absolute atomic E-state index is 0.225. The van der Waals surface area contributed by atoms with Gasteiger partial charge in [0.1, 0.15) is 5.75 Å². The number of aromatic hydroxyl groups is 1. The zero-order chi connectivity index (χ0) is 8.55. The Morgan fingerprint density at radius 3 is 2.75 bits per heavy atom. The number of benzene rings is 1. The average Bonchev–Trinajstić information content (AvgIpc) is 1.91. The normalized spacial score (nSPS) is 21.9. The summed E-state index contributed by atoms with van der Waals surface area (Å²) in [7, 11) is 0. The zero-order valence-corrected chi connectivity index (χ0v) is 7.30. The second-order valence-electron chi connectivity index (χ2n) is 3.00. The first-order valence-electron chi connectivity index (χ1n) is 3.99. The van der Waals surface area contributed by atoms with E-state index in [0.717, 1.165) is 18.5 Å². The number of phenols is 1. The Morgan fingerprint density at radius 2 is 2.25 bits per heavy atom. The molecule has 1 saturated heterocycles. The molecule has 1 heterocycles. The molecule has 1 aliphatic rings. The zero-order valence-electron chi connectivity index (χ0n) is 6.55. The Labute approximate surface area is 76.2 Å². The topological polar surface area (TPSA) is 32.3 Å². The molecule has 0 aliphatic carbocycles. The number of phenolic OH excluding ortho intramolecular Hbond substituents is 1. The SMILES string of the molecule is Oc1ccc([C@H]2CCN2)c(Cl)c1. The van der Waals surface area contributed by atoms with Crippen molar-refractivity contribution < 1.29 is 5.11 Å². The highest BCUT2D eigenvalue weighted by Gasteiger charge is 2.20. The summed E-state index contributed by atoms with van der Waals surface area (Å²) in [4.78, 5) is 0. The van der Waals surface area contributed by atoms with Crippen LogP contribution in [0.2, 0.25) is 5.02 Å². The van der Waals surface area contributed by atoms with Gasteiger partial charge < -0.3 is 10.4 Å². The van der Waals surface area contributed by atoms with Gasteiger partial charge in [-0.25, -0.2) is 0 Å². The highest BCUT2D eigenvalue weighted by atomic mass is 35.5. The Bertz CT molecular complexity index is 297. The molecule has 0 amide bonds. The lowest BCUT2D eigenvalue weighted by atomic mass is 9.98. The molecule has 2 rings (SSSR count). The molecule has 1 atom stereocenters. The summed E-state index contributed by atoms with van der Waals surface area (Å²) >= 11 is 5.94. The quantitative estimate of drug-likeness (QED) is 0.699. The lowest BCUT2D eigenvalue weighted by Crippen LogP contribution is -2.35. The van der Waals surface area contributed by atoms with Crippen LogP contribution in [-0.4, -0.2) is 11.7 Å². The molecule has 1 fully saturated rings. The van der Waals surface area contributed by atoms with Crippen LogP contribution >= 0.6 is 11.6 Å². The van der Waals surface area contributed by atoms with Crippen LogP contribution in [0.25, 0.3) is 0 Å². The molecule has 0 radical (unpaired) electrons. The highest BCUT2D eigenvalue weighted by Crippen LogP contribution is 2.31. The van der Waals surface area contributed by atoms with E-state index in [-0.39, 0.29) is 5.75 Å². The number of halogens is 1. The van der Waals surface area contributed by atoms with Gasteiger partial charge in [0.05, 0.1) is 0 Å². The van der Waals surface area contributed by atoms with Gasteiger partial charge in [0.2, 0.25) is 0 Å². The van der Waals surface area contributed by atoms with Gasteiger partial charge in [-0.05, 0) is 30.7 Å². The fraction of sp³-hybridized carbons (Fsp3) is 0.333. The summed E-state index contributed by atoms with van der Waals surface area (Å²) in [5, 5.41) is 13.0. The lowest BCUT2D eigenvalue weighted by Gasteiger charge is -2.28. The number of rotatable bonds is 1. The van der Waals surface area contributed by atoms with Crippen LogP contribution in [0.15, 0.2) is 18.2 Å². The van der Waals surface area contributed by atoms with Gasteiger partial charge >= 0.3 is 0 Å². The van der Waals surface area contributed by atoms with Crippen molar-refractivity contribution in [3.05, 3.63) is 28.8 Å². The molecule has 0 aromatic heterocycles. The Balaban J connectivity index is 2.31. The van der Waals surface area contributed by atoms with Crippen molar-refractivity contribution in [3.8, 4) is 5.75 Å². The van der Waals surface area contributed by atoms with E-state index in [2.05, 4.69) is 5.32 Å². The molecular weight excluding hydrogens is 174 g/mol. The molecule has 0 bridgehead atoms. The van der Waals surface area contributed by atoms with Gasteiger partial charge in [-0.3, -0.25) is 0 Å². The van der Waals surface area contributed by atoms with Crippen molar-refractivity contribution >= 4 is 11.6 Å². The van der Waals surface area contributed by atoms with Gasteiger partial charge in [0.15, 0.2) is 0 Å². The minimum atomic E-state index is 0.225. The molecule has 2 N–H and O–H groups in total. The van der Waals surface area contributed by atoms with Crippen LogP contribution in [0.1, 0.15) is 18.0 Å². The third kappa shape index (κ3) is 1.28. The molecule has 1 aromatic carbocycles. The van der Waals surface area contributed by atoms with Crippen molar-refractivity contribution in [2.24, 2.45) is 0 Å². The van der Waals surface area contributed by atoms with E-state index in [4.69, 9.17) is 16.7 Å². The maximum Gasteiger partial charge on any atom is 0.117 e. The standard InChI is InChI=1S/C9H10ClNO/c10-8-5-6(12)1-2-7(8)9-3-4-11-9/h1-2,5,9,11-12H,3-4H2/t9-/m1/s1. The van der Waals surface area contributed by atoms with Gasteiger partial charge in [-0.15, -0.1) is 0 Å². The van der Waals surface area contributed by atoms with Gasteiger partial charge in [0, 0.05) is 11.1 Å². The molecule has 64 valence electrons. The average molecular weight is 184 g/mol. The Morgan fingerprint density at radius 1 is 1.50 bits per heavy atom. The fourth-order valence-corrected chi connectivity index (χ4v) is 1.66. The second-order valence-corrected chi connectivity index (χ2v) is 3.41. The summed E-state index contributed by atoms with van der Waals surface area (Å²) in [5.74, 6) is 0.225. The van der Waals surface area contributed by atoms with E-state index < -0.39 is 0 Å². The molecule has 0 unspecified atom stereocenters. The fourth-order valence-electron chi connectivity index (χ4n) is 1.35. The van der Waals surface area contributed by atoms with Crippen molar-refractivity contribution in [2.75, 3.05) is 6.54 Å². The summed E-state index contributed by atoms with van der Waals surface area (Å²) in [6.45, 7) is 1.06. The van der Waals surface area contributed by atoms with E-state index in [9.17, 15) is 0 Å². The third-order valence-corrected chi connectivity index (χ3v) is 2.51. The molecule has 0 saturated carbocycles. The lowest BCUT2D eigenvalue weighted by molar-refractivity contribution is 0.383. The van der Waals surface area contributed by atoms with Gasteiger partial charge in [0.25, 0.3) is 0 Å². The maximum atomic E-state index is 9.11. The van der Waals surface area contributed by atoms with Gasteiger partial charge in [-0.2, -0.15) is 0 Å². The van der Waals surface area contributed by atoms with Crippen LogP contribution in [0, 0.1) is 0 Å². The smallest absolute Gasteiger partial charge is 0.117 e. The first-order valence-corrected chi connectivity index (χ1v) is 4.37. The summed E-state index contributed by atoms with van der Waals surface area (Å²) in [6.07, 6.45) is 1.13. The number of nitrogens with one attached hydrogen (secondary N) is 1. The summed E-state index contributed by atoms with van der Waals surface area (Å²) in [5.41, 5.74) is 1.08. The minimum Gasteiger partial charge on any atom is -0.508 e. The van der Waals surface area contributed by atoms with E-state index in [1.807, 2.05) is 6.07 Å². The summed E-state index contributed by atoms with van der Waals surface area (Å²) < 4.78 is 0. The van der Waals surface area contributed by atoms with Crippen molar-refractivity contribution in [3.63, 3.8) is 0 Å². The van der Waals surface area contributed by atoms with Crippen molar-refractivity contribution in [1.29, 1.82) is 0 Å². The Hall–Kier alpha value is -0.730. The molecule has 2 nitrogen and oxygen atoms in total. The van der Waals surface area contributed by atoms with Crippen molar-refractivity contribution in [2.45, 2.75) is 12.5 Å². The largest absolute Gasteiger partial charge is 0.508 e. The molecule has 1 aliphatic heterocycles. The highest BCUT2D eigenvalue weighted by molar-refractivity contribution is 6.31. The summed E-state index contributed by atoms with van der Waals surface area (Å²) in [6, 6.07) is 5.50. The van der Waals surface area contributed by atoms with Crippen LogP contribution in [0.4, 0.5) is 0 Å². The number of hydrogen-bond acceptors (Lipinski definition) is 2. The molecule has 3 heteroatoms. The van der Waals surface area contributed by atoms with Crippen LogP contribution in [-0.2, 0) is 0 Å². The van der Waals surface area contributed by atoms with E-state index in [1.54, 1.807) is 12.1 Å². The predicted octanol–water partition coefficient (Wildman–Crippen LogP) is 2.08. The van der Waals surface area contributed by atoms with Crippen LogP contribution in [0.3, 0.4) is 0 Å². The third-order valence-electron chi connectivity index (χ3n) is 2.18. The Kier molecular flexibility index (Phi) is 1.95. The van der Waals surface area contributed by atoms with E-state index >= 15 is 0 Å². The monoisotopic (exact) mass is 183 g/mol. The molecule has 12 heavy (non-hydrogen) atoms. The van der Waals surface area contributed by atoms with Crippen LogP contribution in [0.5, 0.6) is 5.75 Å². The predicted molar refractivity (Wildman–Crippen MR) is 48.5 cm³/mol. The maximum absolute atomic E-state index is 9.11. The number of hydrogen-bond donors (Lipinski definition) is 2. The van der Waals surface area contributed by atoms with E-state index in [1.165, 1.54) is 0 Å². The first kappa shape index (κ1) is 7.90. The van der Waals surface area contributed by atoms with E-state index in [0.29, 0.717) is 11.1 Å². The second kappa shape index (κ2) is 2.96. The van der Waals surface area contributed by atoms with Gasteiger partial charge in [-0.1, -0.05) is 17.7 Å². The molecule has 1 aromatic rings. The van der Waals surface area contributed by atoms with Crippen LogP contribution < -0.4 is 5.32 Å². The molecule has 0 spiro atoms.